The highest BCUT2D eigenvalue weighted by molar-refractivity contribution is 6.22. The second kappa shape index (κ2) is 8.33. The third kappa shape index (κ3) is 3.05. The van der Waals surface area contributed by atoms with Gasteiger partial charge in [-0.3, -0.25) is 0 Å². The van der Waals surface area contributed by atoms with Crippen LogP contribution in [0.3, 0.4) is 0 Å². The van der Waals surface area contributed by atoms with Crippen molar-refractivity contribution < 1.29 is 4.42 Å². The number of nitriles is 2. The van der Waals surface area contributed by atoms with Crippen LogP contribution in [0.25, 0.3) is 71.3 Å². The molecule has 0 atom stereocenters. The van der Waals surface area contributed by atoms with Gasteiger partial charge in [0, 0.05) is 21.5 Å². The lowest BCUT2D eigenvalue weighted by Gasteiger charge is -2.11. The number of para-hydroxylation sites is 1. The van der Waals surface area contributed by atoms with Crippen LogP contribution in [0.2, 0.25) is 0 Å². The summed E-state index contributed by atoms with van der Waals surface area (Å²) in [6.45, 7) is 0. The number of hydrogen-bond donors (Lipinski definition) is 0. The van der Waals surface area contributed by atoms with Gasteiger partial charge >= 0.3 is 0 Å². The van der Waals surface area contributed by atoms with E-state index in [0.29, 0.717) is 16.8 Å². The fraction of sp³-hybridized carbons (Fsp3) is 0. The Balaban J connectivity index is 1.47. The highest BCUT2D eigenvalue weighted by atomic mass is 16.3. The molecule has 6 aromatic carbocycles. The van der Waals surface area contributed by atoms with Crippen LogP contribution in [0.1, 0.15) is 11.1 Å². The largest absolute Gasteiger partial charge is 0.456 e. The second-order valence-electron chi connectivity index (χ2n) is 9.98. The SMILES string of the molecule is N#Cc1cccc(-n2c3ccc(-c4ccc5oc6ccccc6c5c4)cc3c3c4ccccc4ccc32)c1C#N. The number of benzene rings is 6. The van der Waals surface area contributed by atoms with Gasteiger partial charge in [0.2, 0.25) is 0 Å². The van der Waals surface area contributed by atoms with Gasteiger partial charge in [0.15, 0.2) is 0 Å². The van der Waals surface area contributed by atoms with E-state index < -0.39 is 0 Å². The lowest BCUT2D eigenvalue weighted by atomic mass is 9.99. The Morgan fingerprint density at radius 3 is 2.12 bits per heavy atom. The quantitative estimate of drug-likeness (QED) is 0.233. The van der Waals surface area contributed by atoms with Crippen molar-refractivity contribution in [2.24, 2.45) is 0 Å². The molecule has 8 rings (SSSR count). The molecule has 0 saturated heterocycles. The van der Waals surface area contributed by atoms with Gasteiger partial charge in [-0.1, -0.05) is 66.7 Å². The zero-order chi connectivity index (χ0) is 26.8. The molecule has 40 heavy (non-hydrogen) atoms. The third-order valence-corrected chi connectivity index (χ3v) is 7.88. The fourth-order valence-corrected chi connectivity index (χ4v) is 6.07. The van der Waals surface area contributed by atoms with Crippen LogP contribution in [-0.2, 0) is 0 Å². The maximum absolute atomic E-state index is 10.1. The molecule has 0 saturated carbocycles. The van der Waals surface area contributed by atoms with Gasteiger partial charge in [-0.15, -0.1) is 0 Å². The Labute approximate surface area is 229 Å². The molecule has 8 aromatic rings. The van der Waals surface area contributed by atoms with Crippen LogP contribution in [-0.4, -0.2) is 4.57 Å². The molecular weight excluding hydrogens is 490 g/mol. The standard InChI is InChI=1S/C36H19N3O/c37-20-25-7-5-10-31(30(25)21-38)39-32-15-13-23(19-29(32)36-26-8-2-1-6-22(26)12-16-33(36)39)24-14-17-35-28(18-24)27-9-3-4-11-34(27)40-35/h1-19H. The number of furan rings is 1. The van der Waals surface area contributed by atoms with E-state index in [9.17, 15) is 10.5 Å². The lowest BCUT2D eigenvalue weighted by molar-refractivity contribution is 0.669. The molecule has 4 nitrogen and oxygen atoms in total. The summed E-state index contributed by atoms with van der Waals surface area (Å²) in [7, 11) is 0. The summed E-state index contributed by atoms with van der Waals surface area (Å²) in [6.07, 6.45) is 0. The summed E-state index contributed by atoms with van der Waals surface area (Å²) in [5.41, 5.74) is 7.37. The van der Waals surface area contributed by atoms with Crippen molar-refractivity contribution in [3.63, 3.8) is 0 Å². The molecule has 0 unspecified atom stereocenters. The summed E-state index contributed by atoms with van der Waals surface area (Å²) < 4.78 is 8.18. The van der Waals surface area contributed by atoms with E-state index in [1.54, 1.807) is 6.07 Å². The molecule has 2 aromatic heterocycles. The van der Waals surface area contributed by atoms with Crippen molar-refractivity contribution in [2.75, 3.05) is 0 Å². The lowest BCUT2D eigenvalue weighted by Crippen LogP contribution is -1.99. The molecule has 0 amide bonds. The Kier molecular flexibility index (Phi) is 4.62. The maximum Gasteiger partial charge on any atom is 0.135 e. The molecule has 184 valence electrons. The van der Waals surface area contributed by atoms with Gasteiger partial charge < -0.3 is 8.98 Å². The van der Waals surface area contributed by atoms with Crippen molar-refractivity contribution in [1.82, 2.24) is 4.57 Å². The van der Waals surface area contributed by atoms with E-state index in [1.807, 2.05) is 42.5 Å². The first kappa shape index (κ1) is 22.2. The highest BCUT2D eigenvalue weighted by Crippen LogP contribution is 2.40. The minimum Gasteiger partial charge on any atom is -0.456 e. The monoisotopic (exact) mass is 509 g/mol. The minimum atomic E-state index is 0.369. The minimum absolute atomic E-state index is 0.369. The van der Waals surface area contributed by atoms with E-state index in [-0.39, 0.29) is 0 Å². The number of aromatic nitrogens is 1. The summed E-state index contributed by atoms with van der Waals surface area (Å²) in [6, 6.07) is 43.5. The molecule has 0 N–H and O–H groups in total. The molecule has 0 aliphatic rings. The molecule has 0 aliphatic heterocycles. The van der Waals surface area contributed by atoms with E-state index in [0.717, 1.165) is 65.6 Å². The van der Waals surface area contributed by atoms with Gasteiger partial charge in [0.25, 0.3) is 0 Å². The Morgan fingerprint density at radius 2 is 1.27 bits per heavy atom. The average Bonchev–Trinajstić information content (AvgIpc) is 3.55. The highest BCUT2D eigenvalue weighted by Gasteiger charge is 2.19. The van der Waals surface area contributed by atoms with Gasteiger partial charge in [0.05, 0.1) is 27.8 Å². The zero-order valence-corrected chi connectivity index (χ0v) is 21.2. The summed E-state index contributed by atoms with van der Waals surface area (Å²) in [4.78, 5) is 0. The summed E-state index contributed by atoms with van der Waals surface area (Å²) >= 11 is 0. The Bertz CT molecular complexity index is 2410. The summed E-state index contributed by atoms with van der Waals surface area (Å²) in [5, 5.41) is 26.5. The fourth-order valence-electron chi connectivity index (χ4n) is 6.07. The number of rotatable bonds is 2. The molecule has 0 fully saturated rings. The number of fused-ring (bicyclic) bond motifs is 8. The predicted molar refractivity (Wildman–Crippen MR) is 160 cm³/mol. The van der Waals surface area contributed by atoms with Gasteiger partial charge in [0.1, 0.15) is 23.3 Å². The number of hydrogen-bond acceptors (Lipinski definition) is 3. The molecule has 0 bridgehead atoms. The van der Waals surface area contributed by atoms with Crippen LogP contribution in [0, 0.1) is 22.7 Å². The second-order valence-corrected chi connectivity index (χ2v) is 9.98. The van der Waals surface area contributed by atoms with E-state index in [1.165, 1.54) is 0 Å². The smallest absolute Gasteiger partial charge is 0.135 e. The van der Waals surface area contributed by atoms with Crippen LogP contribution in [0.15, 0.2) is 120 Å². The normalized spacial score (nSPS) is 11.4. The van der Waals surface area contributed by atoms with Crippen molar-refractivity contribution in [2.45, 2.75) is 0 Å². The van der Waals surface area contributed by atoms with Crippen LogP contribution in [0.5, 0.6) is 0 Å². The molecule has 2 heterocycles. The topological polar surface area (TPSA) is 65.7 Å². The van der Waals surface area contributed by atoms with Gasteiger partial charge in [-0.2, -0.15) is 10.5 Å². The molecule has 0 aliphatic carbocycles. The Morgan fingerprint density at radius 1 is 0.550 bits per heavy atom. The molecule has 0 spiro atoms. The molecule has 4 heteroatoms. The number of nitrogens with zero attached hydrogens (tertiary/aromatic N) is 3. The zero-order valence-electron chi connectivity index (χ0n) is 21.2. The van der Waals surface area contributed by atoms with Gasteiger partial charge in [-0.25, -0.2) is 0 Å². The third-order valence-electron chi connectivity index (χ3n) is 7.88. The van der Waals surface area contributed by atoms with E-state index >= 15 is 0 Å². The van der Waals surface area contributed by atoms with Crippen molar-refractivity contribution >= 4 is 54.5 Å². The van der Waals surface area contributed by atoms with Crippen molar-refractivity contribution in [1.29, 1.82) is 10.5 Å². The first-order valence-corrected chi connectivity index (χ1v) is 13.1. The van der Waals surface area contributed by atoms with Gasteiger partial charge in [-0.05, 0) is 70.4 Å². The maximum atomic E-state index is 10.1. The van der Waals surface area contributed by atoms with Crippen molar-refractivity contribution in [3.8, 4) is 29.0 Å². The summed E-state index contributed by atoms with van der Waals surface area (Å²) in [5.74, 6) is 0. The first-order chi connectivity index (χ1) is 19.7. The predicted octanol–water partition coefficient (Wildman–Crippen LogP) is 9.25. The first-order valence-electron chi connectivity index (χ1n) is 13.1. The van der Waals surface area contributed by atoms with Crippen LogP contribution >= 0.6 is 0 Å². The average molecular weight is 510 g/mol. The molecule has 0 radical (unpaired) electrons. The Hall–Kier alpha value is -5.84. The van der Waals surface area contributed by atoms with Crippen LogP contribution in [0.4, 0.5) is 0 Å². The molecular formula is C36H19N3O. The van der Waals surface area contributed by atoms with E-state index in [4.69, 9.17) is 4.42 Å². The van der Waals surface area contributed by atoms with Crippen molar-refractivity contribution in [3.05, 3.63) is 126 Å². The van der Waals surface area contributed by atoms with Crippen LogP contribution < -0.4 is 0 Å². The van der Waals surface area contributed by atoms with E-state index in [2.05, 4.69) is 83.4 Å².